The van der Waals surface area contributed by atoms with Crippen LogP contribution in [0.3, 0.4) is 0 Å². The van der Waals surface area contributed by atoms with Gasteiger partial charge in [-0.3, -0.25) is 4.79 Å². The van der Waals surface area contributed by atoms with Crippen LogP contribution in [-0.4, -0.2) is 50.2 Å². The smallest absolute Gasteiger partial charge is 0.167 e. The first kappa shape index (κ1) is 13.0. The van der Waals surface area contributed by atoms with Crippen molar-refractivity contribution in [2.75, 3.05) is 20.8 Å². The van der Waals surface area contributed by atoms with Crippen molar-refractivity contribution >= 4 is 5.78 Å². The minimum atomic E-state index is -0.627. The number of ketones is 1. The molecule has 1 saturated heterocycles. The Bertz CT molecular complexity index is 314. The molecule has 0 aromatic rings. The van der Waals surface area contributed by atoms with Gasteiger partial charge in [-0.05, 0) is 13.8 Å². The number of ether oxygens (including phenoxy) is 4. The molecule has 17 heavy (non-hydrogen) atoms. The molecule has 0 aromatic heterocycles. The molecule has 3 atom stereocenters. The van der Waals surface area contributed by atoms with Crippen molar-refractivity contribution in [2.45, 2.75) is 50.3 Å². The zero-order valence-corrected chi connectivity index (χ0v) is 10.8. The highest BCUT2D eigenvalue weighted by Gasteiger charge is 2.53. The molecule has 0 N–H and O–H groups in total. The predicted octanol–water partition coefficient (Wildman–Crippen LogP) is 0.901. The average Bonchev–Trinajstić information content (AvgIpc) is 2.53. The molecule has 2 aliphatic rings. The van der Waals surface area contributed by atoms with Crippen LogP contribution in [-0.2, 0) is 23.7 Å². The molecular weight excluding hydrogens is 224 g/mol. The van der Waals surface area contributed by atoms with Gasteiger partial charge in [0.05, 0.1) is 12.7 Å². The molecule has 2 rings (SSSR count). The quantitative estimate of drug-likeness (QED) is 0.722. The van der Waals surface area contributed by atoms with Gasteiger partial charge in [0.25, 0.3) is 0 Å². The molecule has 5 nitrogen and oxygen atoms in total. The zero-order chi connectivity index (χ0) is 12.7. The van der Waals surface area contributed by atoms with Crippen molar-refractivity contribution in [2.24, 2.45) is 0 Å². The lowest BCUT2D eigenvalue weighted by Crippen LogP contribution is -2.53. The molecule has 0 amide bonds. The van der Waals surface area contributed by atoms with E-state index in [0.29, 0.717) is 19.4 Å². The Balaban J connectivity index is 2.16. The first-order valence-corrected chi connectivity index (χ1v) is 5.84. The molecular formula is C12H20O5. The Hall–Kier alpha value is -0.490. The van der Waals surface area contributed by atoms with Crippen molar-refractivity contribution in [3.8, 4) is 0 Å². The summed E-state index contributed by atoms with van der Waals surface area (Å²) in [6.45, 7) is 4.15. The summed E-state index contributed by atoms with van der Waals surface area (Å²) in [5.41, 5.74) is -0.545. The molecule has 1 aliphatic carbocycles. The fourth-order valence-corrected chi connectivity index (χ4v) is 2.73. The highest BCUT2D eigenvalue weighted by Crippen LogP contribution is 2.41. The van der Waals surface area contributed by atoms with Crippen molar-refractivity contribution in [3.63, 3.8) is 0 Å². The summed E-state index contributed by atoms with van der Waals surface area (Å²) in [5.74, 6) is -0.606. The highest BCUT2D eigenvalue weighted by atomic mass is 16.8. The van der Waals surface area contributed by atoms with E-state index in [-0.39, 0.29) is 11.9 Å². The maximum absolute atomic E-state index is 12.0. The Morgan fingerprint density at radius 3 is 2.47 bits per heavy atom. The van der Waals surface area contributed by atoms with Gasteiger partial charge in [0.1, 0.15) is 11.7 Å². The molecule has 98 valence electrons. The Kier molecular flexibility index (Phi) is 3.29. The Morgan fingerprint density at radius 1 is 1.29 bits per heavy atom. The van der Waals surface area contributed by atoms with Gasteiger partial charge in [0.15, 0.2) is 11.6 Å². The van der Waals surface area contributed by atoms with Crippen LogP contribution < -0.4 is 0 Å². The van der Waals surface area contributed by atoms with Crippen LogP contribution in [0.1, 0.15) is 26.7 Å². The minimum Gasteiger partial charge on any atom is -0.378 e. The highest BCUT2D eigenvalue weighted by molar-refractivity contribution is 5.85. The fourth-order valence-electron chi connectivity index (χ4n) is 2.73. The normalized spacial score (nSPS) is 41.1. The van der Waals surface area contributed by atoms with Gasteiger partial charge in [-0.25, -0.2) is 0 Å². The van der Waals surface area contributed by atoms with E-state index >= 15 is 0 Å². The van der Waals surface area contributed by atoms with Gasteiger partial charge in [-0.1, -0.05) is 0 Å². The number of carbonyl (C=O) groups is 1. The van der Waals surface area contributed by atoms with Crippen LogP contribution in [0, 0.1) is 0 Å². The number of methoxy groups -OCH3 is 2. The summed E-state index contributed by atoms with van der Waals surface area (Å²) in [5, 5.41) is 0. The summed E-state index contributed by atoms with van der Waals surface area (Å²) in [4.78, 5) is 12.0. The summed E-state index contributed by atoms with van der Waals surface area (Å²) >= 11 is 0. The largest absolute Gasteiger partial charge is 0.378 e. The SMILES string of the molecule is CO[C@@H]1C(=O)C[C@@]2(COC(C)(C)O2)C[C@H]1OC. The molecule has 1 saturated carbocycles. The van der Waals surface area contributed by atoms with Crippen LogP contribution in [0.5, 0.6) is 0 Å². The maximum atomic E-state index is 12.0. The van der Waals surface area contributed by atoms with Crippen molar-refractivity contribution in [1.29, 1.82) is 0 Å². The molecule has 0 aromatic carbocycles. The fraction of sp³-hybridized carbons (Fsp3) is 0.917. The monoisotopic (exact) mass is 244 g/mol. The maximum Gasteiger partial charge on any atom is 0.167 e. The molecule has 2 fully saturated rings. The van der Waals surface area contributed by atoms with Gasteiger partial charge in [0, 0.05) is 27.1 Å². The Morgan fingerprint density at radius 2 is 2.00 bits per heavy atom. The third-order valence-electron chi connectivity index (χ3n) is 3.43. The number of hydrogen-bond acceptors (Lipinski definition) is 5. The summed E-state index contributed by atoms with van der Waals surface area (Å²) in [6, 6.07) is 0. The zero-order valence-electron chi connectivity index (χ0n) is 10.8. The molecule has 1 spiro atoms. The lowest BCUT2D eigenvalue weighted by atomic mass is 9.81. The molecule has 5 heteroatoms. The number of hydrogen-bond donors (Lipinski definition) is 0. The summed E-state index contributed by atoms with van der Waals surface area (Å²) < 4.78 is 22.0. The van der Waals surface area contributed by atoms with E-state index < -0.39 is 17.5 Å². The lowest BCUT2D eigenvalue weighted by Gasteiger charge is -2.39. The molecule has 1 aliphatic heterocycles. The van der Waals surface area contributed by atoms with Gasteiger partial charge < -0.3 is 18.9 Å². The van der Waals surface area contributed by atoms with Crippen LogP contribution >= 0.6 is 0 Å². The van der Waals surface area contributed by atoms with Gasteiger partial charge in [0.2, 0.25) is 0 Å². The van der Waals surface area contributed by atoms with Crippen LogP contribution in [0.2, 0.25) is 0 Å². The summed E-state index contributed by atoms with van der Waals surface area (Å²) in [6.07, 6.45) is 0.197. The number of carbonyl (C=O) groups excluding carboxylic acids is 1. The standard InChI is InChI=1S/C12H20O5/c1-11(2)16-7-12(17-11)5-8(13)10(15-4)9(6-12)14-3/h9-10H,5-7H2,1-4H3/t9-,10-,12+/m1/s1. The van der Waals surface area contributed by atoms with Crippen LogP contribution in [0.4, 0.5) is 0 Å². The molecule has 0 unspecified atom stereocenters. The first-order chi connectivity index (χ1) is 7.91. The predicted molar refractivity (Wildman–Crippen MR) is 59.7 cm³/mol. The van der Waals surface area contributed by atoms with E-state index in [1.165, 1.54) is 7.11 Å². The third kappa shape index (κ3) is 2.38. The van der Waals surface area contributed by atoms with E-state index in [9.17, 15) is 4.79 Å². The van der Waals surface area contributed by atoms with Crippen molar-refractivity contribution < 1.29 is 23.7 Å². The van der Waals surface area contributed by atoms with Crippen molar-refractivity contribution in [1.82, 2.24) is 0 Å². The van der Waals surface area contributed by atoms with Gasteiger partial charge in [-0.2, -0.15) is 0 Å². The van der Waals surface area contributed by atoms with E-state index in [4.69, 9.17) is 18.9 Å². The van der Waals surface area contributed by atoms with Crippen LogP contribution in [0.25, 0.3) is 0 Å². The molecule has 0 radical (unpaired) electrons. The van der Waals surface area contributed by atoms with E-state index in [1.54, 1.807) is 7.11 Å². The first-order valence-electron chi connectivity index (χ1n) is 5.84. The second kappa shape index (κ2) is 4.31. The number of Topliss-reactive ketones (excluding diaryl/α,β-unsaturated/α-hetero) is 1. The van der Waals surface area contributed by atoms with Gasteiger partial charge in [-0.15, -0.1) is 0 Å². The minimum absolute atomic E-state index is 0.0203. The third-order valence-corrected chi connectivity index (χ3v) is 3.43. The van der Waals surface area contributed by atoms with Crippen molar-refractivity contribution in [3.05, 3.63) is 0 Å². The van der Waals surface area contributed by atoms with Gasteiger partial charge >= 0.3 is 0 Å². The van der Waals surface area contributed by atoms with Crippen LogP contribution in [0.15, 0.2) is 0 Å². The lowest BCUT2D eigenvalue weighted by molar-refractivity contribution is -0.189. The topological polar surface area (TPSA) is 54.0 Å². The molecule has 0 bridgehead atoms. The Labute approximate surface area is 101 Å². The average molecular weight is 244 g/mol. The molecule has 1 heterocycles. The van der Waals surface area contributed by atoms with E-state index in [2.05, 4.69) is 0 Å². The van der Waals surface area contributed by atoms with E-state index in [1.807, 2.05) is 13.8 Å². The second-order valence-corrected chi connectivity index (χ2v) is 5.25. The summed E-state index contributed by atoms with van der Waals surface area (Å²) in [7, 11) is 3.12. The number of rotatable bonds is 2. The van der Waals surface area contributed by atoms with E-state index in [0.717, 1.165) is 0 Å². The second-order valence-electron chi connectivity index (χ2n) is 5.25.